The van der Waals surface area contributed by atoms with Crippen molar-refractivity contribution in [2.24, 2.45) is 5.92 Å². The number of rotatable bonds is 5. The van der Waals surface area contributed by atoms with Gasteiger partial charge in [-0.2, -0.15) is 0 Å². The number of benzene rings is 1. The number of hydrogen-bond acceptors (Lipinski definition) is 5. The molecule has 1 fully saturated rings. The van der Waals surface area contributed by atoms with E-state index in [1.807, 2.05) is 42.5 Å². The zero-order valence-corrected chi connectivity index (χ0v) is 16.1. The van der Waals surface area contributed by atoms with Gasteiger partial charge in [0.1, 0.15) is 5.75 Å². The first kappa shape index (κ1) is 19.7. The van der Waals surface area contributed by atoms with E-state index in [1.54, 1.807) is 18.2 Å². The third kappa shape index (κ3) is 4.60. The highest BCUT2D eigenvalue weighted by molar-refractivity contribution is 5.80. The maximum Gasteiger partial charge on any atom is 0.409 e. The Balaban J connectivity index is 1.73. The third-order valence-corrected chi connectivity index (χ3v) is 5.02. The number of aromatic nitrogens is 1. The van der Waals surface area contributed by atoms with E-state index in [0.29, 0.717) is 25.9 Å². The first-order valence-electron chi connectivity index (χ1n) is 9.30. The van der Waals surface area contributed by atoms with Gasteiger partial charge in [0.2, 0.25) is 5.91 Å². The van der Waals surface area contributed by atoms with Gasteiger partial charge < -0.3 is 19.7 Å². The molecule has 0 radical (unpaired) electrons. The Morgan fingerprint density at radius 2 is 1.82 bits per heavy atom. The first-order valence-corrected chi connectivity index (χ1v) is 9.30. The topological polar surface area (TPSA) is 80.8 Å². The maximum absolute atomic E-state index is 12.9. The van der Waals surface area contributed by atoms with E-state index in [9.17, 15) is 9.59 Å². The van der Waals surface area contributed by atoms with Crippen molar-refractivity contribution in [1.29, 1.82) is 0 Å². The smallest absolute Gasteiger partial charge is 0.409 e. The monoisotopic (exact) mass is 383 g/mol. The molecule has 7 heteroatoms. The van der Waals surface area contributed by atoms with E-state index in [4.69, 9.17) is 9.47 Å². The second kappa shape index (κ2) is 9.21. The standard InChI is InChI=1S/C21H25N3O4/c1-27-17-8-6-15(7-9-17)19(18-5-3-4-12-22-18)23-20(25)16-10-13-24(14-11-16)21(26)28-2/h3-9,12,16,19H,10-11,13-14H2,1-2H3,(H,23,25). The maximum atomic E-state index is 12.9. The van der Waals surface area contributed by atoms with Crippen molar-refractivity contribution < 1.29 is 19.1 Å². The van der Waals surface area contributed by atoms with Crippen LogP contribution in [0.4, 0.5) is 4.79 Å². The molecule has 28 heavy (non-hydrogen) atoms. The van der Waals surface area contributed by atoms with Gasteiger partial charge in [0, 0.05) is 25.2 Å². The van der Waals surface area contributed by atoms with Crippen LogP contribution in [-0.2, 0) is 9.53 Å². The summed E-state index contributed by atoms with van der Waals surface area (Å²) < 4.78 is 9.98. The molecule has 1 aliphatic rings. The Labute approximate surface area is 164 Å². The molecule has 1 saturated heterocycles. The fourth-order valence-electron chi connectivity index (χ4n) is 3.38. The molecule has 1 aliphatic heterocycles. The normalized spacial score (nSPS) is 15.6. The summed E-state index contributed by atoms with van der Waals surface area (Å²) in [5.41, 5.74) is 1.70. The van der Waals surface area contributed by atoms with Crippen molar-refractivity contribution in [3.8, 4) is 5.75 Å². The van der Waals surface area contributed by atoms with Crippen LogP contribution in [0.15, 0.2) is 48.7 Å². The fourth-order valence-corrected chi connectivity index (χ4v) is 3.38. The quantitative estimate of drug-likeness (QED) is 0.859. The highest BCUT2D eigenvalue weighted by Gasteiger charge is 2.29. The molecular formula is C21H25N3O4. The lowest BCUT2D eigenvalue weighted by atomic mass is 9.94. The Bertz CT molecular complexity index is 787. The first-order chi connectivity index (χ1) is 13.6. The van der Waals surface area contributed by atoms with Crippen LogP contribution in [0, 0.1) is 5.92 Å². The van der Waals surface area contributed by atoms with Gasteiger partial charge in [-0.3, -0.25) is 9.78 Å². The minimum absolute atomic E-state index is 0.0315. The zero-order valence-electron chi connectivity index (χ0n) is 16.1. The molecule has 148 valence electrons. The molecule has 1 unspecified atom stereocenters. The number of likely N-dealkylation sites (tertiary alicyclic amines) is 1. The summed E-state index contributed by atoms with van der Waals surface area (Å²) in [5, 5.41) is 3.14. The van der Waals surface area contributed by atoms with Crippen LogP contribution in [0.1, 0.15) is 30.1 Å². The van der Waals surface area contributed by atoms with E-state index in [1.165, 1.54) is 7.11 Å². The van der Waals surface area contributed by atoms with Crippen molar-refractivity contribution in [3.63, 3.8) is 0 Å². The van der Waals surface area contributed by atoms with Crippen LogP contribution in [0.5, 0.6) is 5.75 Å². The van der Waals surface area contributed by atoms with Crippen molar-refractivity contribution in [2.75, 3.05) is 27.3 Å². The molecular weight excluding hydrogens is 358 g/mol. The van der Waals surface area contributed by atoms with Crippen LogP contribution >= 0.6 is 0 Å². The summed E-state index contributed by atoms with van der Waals surface area (Å²) in [6.45, 7) is 1.03. The van der Waals surface area contributed by atoms with Gasteiger partial charge in [0.25, 0.3) is 0 Å². The number of nitrogens with zero attached hydrogens (tertiary/aromatic N) is 2. The Morgan fingerprint density at radius 1 is 1.11 bits per heavy atom. The Morgan fingerprint density at radius 3 is 2.39 bits per heavy atom. The van der Waals surface area contributed by atoms with Crippen molar-refractivity contribution in [1.82, 2.24) is 15.2 Å². The van der Waals surface area contributed by atoms with Crippen molar-refractivity contribution in [3.05, 3.63) is 59.9 Å². The van der Waals surface area contributed by atoms with Gasteiger partial charge in [0.05, 0.1) is 26.0 Å². The summed E-state index contributed by atoms with van der Waals surface area (Å²) >= 11 is 0. The second-order valence-corrected chi connectivity index (χ2v) is 6.70. The van der Waals surface area contributed by atoms with E-state index < -0.39 is 0 Å². The van der Waals surface area contributed by atoms with Gasteiger partial charge in [-0.25, -0.2) is 4.79 Å². The number of hydrogen-bond donors (Lipinski definition) is 1. The predicted molar refractivity (Wildman–Crippen MR) is 104 cm³/mol. The average molecular weight is 383 g/mol. The summed E-state index contributed by atoms with van der Waals surface area (Å²) in [5.74, 6) is 0.575. The minimum atomic E-state index is -0.349. The molecule has 0 bridgehead atoms. The van der Waals surface area contributed by atoms with Gasteiger partial charge in [-0.1, -0.05) is 18.2 Å². The van der Waals surface area contributed by atoms with E-state index in [0.717, 1.165) is 17.0 Å². The number of pyridine rings is 1. The summed E-state index contributed by atoms with van der Waals surface area (Å²) in [6, 6.07) is 12.9. The lowest BCUT2D eigenvalue weighted by Crippen LogP contribution is -2.43. The second-order valence-electron chi connectivity index (χ2n) is 6.70. The molecule has 1 N–H and O–H groups in total. The lowest BCUT2D eigenvalue weighted by Gasteiger charge is -2.31. The molecule has 1 aromatic carbocycles. The highest BCUT2D eigenvalue weighted by Crippen LogP contribution is 2.25. The number of ether oxygens (including phenoxy) is 2. The molecule has 0 saturated carbocycles. The fraction of sp³-hybridized carbons (Fsp3) is 0.381. The van der Waals surface area contributed by atoms with Gasteiger partial charge in [0.15, 0.2) is 0 Å². The molecule has 2 amide bonds. The van der Waals surface area contributed by atoms with E-state index >= 15 is 0 Å². The van der Waals surface area contributed by atoms with Crippen molar-refractivity contribution in [2.45, 2.75) is 18.9 Å². The zero-order chi connectivity index (χ0) is 19.9. The SMILES string of the molecule is COC(=O)N1CCC(C(=O)NC(c2ccc(OC)cc2)c2ccccn2)CC1. The number of carbonyl (C=O) groups excluding carboxylic acids is 2. The van der Waals surface area contributed by atoms with Gasteiger partial charge in [-0.15, -0.1) is 0 Å². The Hall–Kier alpha value is -3.09. The van der Waals surface area contributed by atoms with Crippen LogP contribution in [0.2, 0.25) is 0 Å². The summed E-state index contributed by atoms with van der Waals surface area (Å²) in [7, 11) is 2.99. The van der Waals surface area contributed by atoms with Gasteiger partial charge >= 0.3 is 6.09 Å². The number of amides is 2. The van der Waals surface area contributed by atoms with Crippen LogP contribution in [-0.4, -0.2) is 49.2 Å². The van der Waals surface area contributed by atoms with Gasteiger partial charge in [-0.05, 0) is 42.7 Å². The van der Waals surface area contributed by atoms with E-state index in [2.05, 4.69) is 10.3 Å². The highest BCUT2D eigenvalue weighted by atomic mass is 16.5. The Kier molecular flexibility index (Phi) is 6.47. The molecule has 2 aromatic rings. The van der Waals surface area contributed by atoms with Crippen LogP contribution in [0.3, 0.4) is 0 Å². The summed E-state index contributed by atoms with van der Waals surface area (Å²) in [6.07, 6.45) is 2.59. The number of nitrogens with one attached hydrogen (secondary N) is 1. The number of carbonyl (C=O) groups is 2. The summed E-state index contributed by atoms with van der Waals surface area (Å²) in [4.78, 5) is 30.6. The van der Waals surface area contributed by atoms with Crippen LogP contribution in [0.25, 0.3) is 0 Å². The molecule has 0 aliphatic carbocycles. The molecule has 3 rings (SSSR count). The third-order valence-electron chi connectivity index (χ3n) is 5.02. The average Bonchev–Trinajstić information content (AvgIpc) is 2.77. The molecule has 2 heterocycles. The van der Waals surface area contributed by atoms with Crippen LogP contribution < -0.4 is 10.1 Å². The lowest BCUT2D eigenvalue weighted by molar-refractivity contribution is -0.126. The molecule has 7 nitrogen and oxygen atoms in total. The molecule has 1 aromatic heterocycles. The molecule has 1 atom stereocenters. The molecule has 0 spiro atoms. The number of methoxy groups -OCH3 is 2. The van der Waals surface area contributed by atoms with Crippen molar-refractivity contribution >= 4 is 12.0 Å². The predicted octanol–water partition coefficient (Wildman–Crippen LogP) is 2.77. The van der Waals surface area contributed by atoms with E-state index in [-0.39, 0.29) is 24.0 Å². The largest absolute Gasteiger partial charge is 0.497 e. The minimum Gasteiger partial charge on any atom is -0.497 e. The number of piperidine rings is 1.